The Morgan fingerprint density at radius 3 is 2.84 bits per heavy atom. The van der Waals surface area contributed by atoms with E-state index in [1.165, 1.54) is 19.4 Å². The number of furan rings is 1. The quantitative estimate of drug-likeness (QED) is 0.594. The first-order valence-electron chi connectivity index (χ1n) is 8.08. The Hall–Kier alpha value is -2.54. The van der Waals surface area contributed by atoms with Crippen LogP contribution in [0.3, 0.4) is 0 Å². The van der Waals surface area contributed by atoms with Gasteiger partial charge < -0.3 is 24.5 Å². The lowest BCUT2D eigenvalue weighted by Crippen LogP contribution is -2.38. The largest absolute Gasteiger partial charge is 0.494 e. The standard InChI is InChI=1S/C18H24FN3O3/c1-4-20-18(21-11-15(23)17-6-5-9-25-17)22(2)12-13-7-8-16(24-3)14(19)10-13/h5-10,15,23H,4,11-12H2,1-3H3,(H,20,21). The third kappa shape index (κ3) is 5.22. The van der Waals surface area contributed by atoms with E-state index in [1.807, 2.05) is 18.9 Å². The van der Waals surface area contributed by atoms with E-state index in [2.05, 4.69) is 10.3 Å². The number of halogens is 1. The van der Waals surface area contributed by atoms with Gasteiger partial charge in [0, 0.05) is 20.1 Å². The molecule has 1 aromatic heterocycles. The highest BCUT2D eigenvalue weighted by Crippen LogP contribution is 2.18. The molecule has 0 radical (unpaired) electrons. The minimum Gasteiger partial charge on any atom is -0.494 e. The molecule has 0 saturated heterocycles. The van der Waals surface area contributed by atoms with Crippen LogP contribution < -0.4 is 10.1 Å². The van der Waals surface area contributed by atoms with Crippen LogP contribution in [0.2, 0.25) is 0 Å². The van der Waals surface area contributed by atoms with Crippen LogP contribution in [-0.2, 0) is 6.54 Å². The first-order valence-corrected chi connectivity index (χ1v) is 8.08. The van der Waals surface area contributed by atoms with Crippen molar-refractivity contribution in [3.63, 3.8) is 0 Å². The van der Waals surface area contributed by atoms with Crippen LogP contribution in [0.1, 0.15) is 24.4 Å². The van der Waals surface area contributed by atoms with Gasteiger partial charge in [0.1, 0.15) is 11.9 Å². The van der Waals surface area contributed by atoms with Crippen LogP contribution in [0.4, 0.5) is 4.39 Å². The summed E-state index contributed by atoms with van der Waals surface area (Å²) in [6.07, 6.45) is 0.702. The zero-order valence-corrected chi connectivity index (χ0v) is 14.7. The maximum Gasteiger partial charge on any atom is 0.194 e. The molecule has 1 unspecified atom stereocenters. The number of hydrogen-bond acceptors (Lipinski definition) is 4. The number of hydrogen-bond donors (Lipinski definition) is 2. The first-order chi connectivity index (χ1) is 12.0. The molecule has 1 atom stereocenters. The first kappa shape index (κ1) is 18.8. The number of aliphatic hydroxyl groups excluding tert-OH is 1. The van der Waals surface area contributed by atoms with Gasteiger partial charge in [0.15, 0.2) is 17.5 Å². The number of nitrogens with one attached hydrogen (secondary N) is 1. The molecule has 0 aliphatic rings. The molecule has 6 nitrogen and oxygen atoms in total. The zero-order chi connectivity index (χ0) is 18.2. The fraction of sp³-hybridized carbons (Fsp3) is 0.389. The SMILES string of the molecule is CCNC(=NCC(O)c1ccco1)N(C)Cc1ccc(OC)c(F)c1. The van der Waals surface area contributed by atoms with E-state index in [9.17, 15) is 9.50 Å². The summed E-state index contributed by atoms with van der Waals surface area (Å²) in [5, 5.41) is 13.2. The summed E-state index contributed by atoms with van der Waals surface area (Å²) in [7, 11) is 3.29. The predicted molar refractivity (Wildman–Crippen MR) is 94.1 cm³/mol. The molecule has 0 saturated carbocycles. The van der Waals surface area contributed by atoms with Crippen LogP contribution in [0.25, 0.3) is 0 Å². The van der Waals surface area contributed by atoms with Crippen LogP contribution in [0, 0.1) is 5.82 Å². The second kappa shape index (κ2) is 9.08. The Morgan fingerprint density at radius 2 is 2.24 bits per heavy atom. The van der Waals surface area contributed by atoms with E-state index in [0.717, 1.165) is 5.56 Å². The van der Waals surface area contributed by atoms with Crippen molar-refractivity contribution in [2.45, 2.75) is 19.6 Å². The molecule has 136 valence electrons. The molecule has 0 spiro atoms. The summed E-state index contributed by atoms with van der Waals surface area (Å²) in [5.74, 6) is 0.904. The van der Waals surface area contributed by atoms with Gasteiger partial charge in [-0.15, -0.1) is 0 Å². The molecule has 0 aliphatic heterocycles. The Balaban J connectivity index is 2.05. The molecule has 1 aromatic carbocycles. The Morgan fingerprint density at radius 1 is 1.44 bits per heavy atom. The van der Waals surface area contributed by atoms with E-state index in [4.69, 9.17) is 9.15 Å². The number of nitrogens with zero attached hydrogens (tertiary/aromatic N) is 2. The van der Waals surface area contributed by atoms with Crippen LogP contribution in [0.5, 0.6) is 5.75 Å². The van der Waals surface area contributed by atoms with E-state index >= 15 is 0 Å². The molecule has 7 heteroatoms. The van der Waals surface area contributed by atoms with E-state index in [1.54, 1.807) is 24.3 Å². The maximum absolute atomic E-state index is 13.8. The lowest BCUT2D eigenvalue weighted by molar-refractivity contribution is 0.158. The van der Waals surface area contributed by atoms with Crippen molar-refractivity contribution in [2.75, 3.05) is 27.2 Å². The predicted octanol–water partition coefficient (Wildman–Crippen LogP) is 2.56. The van der Waals surface area contributed by atoms with Crippen LogP contribution in [0.15, 0.2) is 46.0 Å². The number of ether oxygens (including phenoxy) is 1. The topological polar surface area (TPSA) is 70.2 Å². The summed E-state index contributed by atoms with van der Waals surface area (Å²) < 4.78 is 23.9. The molecule has 0 aliphatic carbocycles. The Kier molecular flexibility index (Phi) is 6.82. The fourth-order valence-electron chi connectivity index (χ4n) is 2.37. The van der Waals surface area contributed by atoms with Gasteiger partial charge >= 0.3 is 0 Å². The molecule has 0 bridgehead atoms. The second-order valence-electron chi connectivity index (χ2n) is 5.55. The lowest BCUT2D eigenvalue weighted by Gasteiger charge is -2.22. The highest BCUT2D eigenvalue weighted by Gasteiger charge is 2.13. The molecular weight excluding hydrogens is 325 g/mol. The van der Waals surface area contributed by atoms with Gasteiger partial charge in [-0.05, 0) is 36.8 Å². The zero-order valence-electron chi connectivity index (χ0n) is 14.7. The van der Waals surface area contributed by atoms with Crippen molar-refractivity contribution < 1.29 is 18.7 Å². The Labute approximate surface area is 146 Å². The number of methoxy groups -OCH3 is 1. The average Bonchev–Trinajstić information content (AvgIpc) is 3.13. The number of benzene rings is 1. The van der Waals surface area contributed by atoms with Gasteiger partial charge in [0.05, 0.1) is 19.9 Å². The van der Waals surface area contributed by atoms with Crippen molar-refractivity contribution in [1.82, 2.24) is 10.2 Å². The third-order valence-corrected chi connectivity index (χ3v) is 3.62. The van der Waals surface area contributed by atoms with E-state index in [-0.39, 0.29) is 12.3 Å². The molecule has 0 fully saturated rings. The maximum atomic E-state index is 13.8. The van der Waals surface area contributed by atoms with Gasteiger partial charge in [0.25, 0.3) is 0 Å². The van der Waals surface area contributed by atoms with Crippen molar-refractivity contribution in [3.8, 4) is 5.75 Å². The summed E-state index contributed by atoms with van der Waals surface area (Å²) in [6, 6.07) is 8.27. The summed E-state index contributed by atoms with van der Waals surface area (Å²) in [5.41, 5.74) is 0.790. The summed E-state index contributed by atoms with van der Waals surface area (Å²) in [6.45, 7) is 3.26. The van der Waals surface area contributed by atoms with Gasteiger partial charge in [0.2, 0.25) is 0 Å². The molecule has 2 aromatic rings. The van der Waals surface area contributed by atoms with E-state index in [0.29, 0.717) is 24.8 Å². The number of rotatable bonds is 7. The molecule has 2 N–H and O–H groups in total. The summed E-state index contributed by atoms with van der Waals surface area (Å²) >= 11 is 0. The highest BCUT2D eigenvalue weighted by atomic mass is 19.1. The van der Waals surface area contributed by atoms with Gasteiger partial charge in [-0.25, -0.2) is 9.38 Å². The Bertz CT molecular complexity index is 689. The van der Waals surface area contributed by atoms with Crippen molar-refractivity contribution in [3.05, 3.63) is 53.7 Å². The smallest absolute Gasteiger partial charge is 0.194 e. The molecule has 2 rings (SSSR count). The number of guanidine groups is 1. The minimum absolute atomic E-state index is 0.164. The van der Waals surface area contributed by atoms with Crippen molar-refractivity contribution >= 4 is 5.96 Å². The highest BCUT2D eigenvalue weighted by molar-refractivity contribution is 5.79. The van der Waals surface area contributed by atoms with Gasteiger partial charge in [-0.3, -0.25) is 0 Å². The lowest BCUT2D eigenvalue weighted by atomic mass is 10.2. The van der Waals surface area contributed by atoms with Gasteiger partial charge in [-0.1, -0.05) is 6.07 Å². The molecular formula is C18H24FN3O3. The van der Waals surface area contributed by atoms with Crippen molar-refractivity contribution in [1.29, 1.82) is 0 Å². The monoisotopic (exact) mass is 349 g/mol. The van der Waals surface area contributed by atoms with Crippen molar-refractivity contribution in [2.24, 2.45) is 4.99 Å². The average molecular weight is 349 g/mol. The fourth-order valence-corrected chi connectivity index (χ4v) is 2.37. The minimum atomic E-state index is -0.810. The second-order valence-corrected chi connectivity index (χ2v) is 5.55. The number of aliphatic imine (C=N–C) groups is 1. The van der Waals surface area contributed by atoms with Gasteiger partial charge in [-0.2, -0.15) is 0 Å². The molecule has 25 heavy (non-hydrogen) atoms. The summed E-state index contributed by atoms with van der Waals surface area (Å²) in [4.78, 5) is 6.29. The third-order valence-electron chi connectivity index (χ3n) is 3.62. The number of aliphatic hydroxyl groups is 1. The van der Waals surface area contributed by atoms with E-state index < -0.39 is 11.9 Å². The van der Waals surface area contributed by atoms with Crippen LogP contribution >= 0.6 is 0 Å². The van der Waals surface area contributed by atoms with Crippen LogP contribution in [-0.4, -0.2) is 43.2 Å². The molecule has 0 amide bonds. The normalized spacial score (nSPS) is 12.8. The molecule has 1 heterocycles.